The molecule has 3 rings (SSSR count). The number of esters is 2. The van der Waals surface area contributed by atoms with Crippen LogP contribution in [0.1, 0.15) is 54.4 Å². The van der Waals surface area contributed by atoms with Crippen LogP contribution in [0.4, 0.5) is 0 Å². The van der Waals surface area contributed by atoms with Crippen molar-refractivity contribution in [2.45, 2.75) is 84.1 Å². The molecule has 0 aromatic heterocycles. The van der Waals surface area contributed by atoms with Crippen LogP contribution in [-0.2, 0) is 33.3 Å². The van der Waals surface area contributed by atoms with Gasteiger partial charge in [0.05, 0.1) is 17.6 Å². The topological polar surface area (TPSA) is 88.1 Å². The van der Waals surface area contributed by atoms with Crippen LogP contribution in [0, 0.1) is 5.92 Å². The van der Waals surface area contributed by atoms with Gasteiger partial charge in [0, 0.05) is 24.0 Å². The Morgan fingerprint density at radius 3 is 2.60 bits per heavy atom. The molecule has 0 radical (unpaired) electrons. The van der Waals surface area contributed by atoms with Crippen LogP contribution in [-0.4, -0.2) is 47.4 Å². The van der Waals surface area contributed by atoms with Crippen molar-refractivity contribution in [2.75, 3.05) is 0 Å². The Balaban J connectivity index is 2.09. The van der Waals surface area contributed by atoms with E-state index in [9.17, 15) is 14.4 Å². The molecule has 0 aromatic carbocycles. The quantitative estimate of drug-likeness (QED) is 0.503. The zero-order chi connectivity index (χ0) is 22.4. The minimum Gasteiger partial charge on any atom is -0.458 e. The fourth-order valence-corrected chi connectivity index (χ4v) is 4.39. The summed E-state index contributed by atoms with van der Waals surface area (Å²) in [5.41, 5.74) is 0.209. The number of rotatable bonds is 2. The van der Waals surface area contributed by atoms with E-state index in [0.29, 0.717) is 11.1 Å². The number of ketones is 1. The van der Waals surface area contributed by atoms with E-state index in [1.165, 1.54) is 0 Å². The van der Waals surface area contributed by atoms with Crippen molar-refractivity contribution in [1.29, 1.82) is 0 Å². The minimum absolute atomic E-state index is 0.111. The third kappa shape index (κ3) is 4.14. The van der Waals surface area contributed by atoms with E-state index in [1.54, 1.807) is 46.8 Å². The Kier molecular flexibility index (Phi) is 5.82. The van der Waals surface area contributed by atoms with E-state index in [-0.39, 0.29) is 24.2 Å². The van der Waals surface area contributed by atoms with Crippen molar-refractivity contribution in [3.63, 3.8) is 0 Å². The standard InChI is InChI=1S/C23H30O7/c1-8-12(2)20(25)28-17-11-23(7)18(29-22(5,6)30-23)10-15(24)13(3)9-16-19(17)14(4)21(26)27-16/h8-9,16-19H,4,10-11H2,1-3,5-7H3/b12-8-,13-9+/t16-,17-,18-,19+,23-/m1/s1. The van der Waals surface area contributed by atoms with Gasteiger partial charge in [-0.1, -0.05) is 12.7 Å². The average molecular weight is 418 g/mol. The van der Waals surface area contributed by atoms with E-state index in [1.807, 2.05) is 6.92 Å². The smallest absolute Gasteiger partial charge is 0.334 e. The van der Waals surface area contributed by atoms with Crippen LogP contribution in [0.2, 0.25) is 0 Å². The highest BCUT2D eigenvalue weighted by molar-refractivity contribution is 5.96. The first-order valence-electron chi connectivity index (χ1n) is 10.2. The molecular formula is C23H30O7. The van der Waals surface area contributed by atoms with Gasteiger partial charge in [0.15, 0.2) is 11.6 Å². The highest BCUT2D eigenvalue weighted by Crippen LogP contribution is 2.45. The molecule has 2 heterocycles. The Labute approximate surface area is 177 Å². The molecule has 0 saturated carbocycles. The molecule has 7 nitrogen and oxygen atoms in total. The van der Waals surface area contributed by atoms with Gasteiger partial charge in [-0.15, -0.1) is 0 Å². The predicted molar refractivity (Wildman–Crippen MR) is 108 cm³/mol. The summed E-state index contributed by atoms with van der Waals surface area (Å²) in [7, 11) is 0. The molecule has 0 unspecified atom stereocenters. The van der Waals surface area contributed by atoms with Gasteiger partial charge in [-0.2, -0.15) is 0 Å². The van der Waals surface area contributed by atoms with E-state index in [4.69, 9.17) is 18.9 Å². The Bertz CT molecular complexity index is 850. The zero-order valence-electron chi connectivity index (χ0n) is 18.4. The van der Waals surface area contributed by atoms with Crippen molar-refractivity contribution in [2.24, 2.45) is 5.92 Å². The summed E-state index contributed by atoms with van der Waals surface area (Å²) in [5, 5.41) is 0. The largest absolute Gasteiger partial charge is 0.458 e. The number of fused-ring (bicyclic) bond motifs is 2. The zero-order valence-corrected chi connectivity index (χ0v) is 18.4. The second-order valence-electron chi connectivity index (χ2n) is 8.94. The molecule has 2 fully saturated rings. The lowest BCUT2D eigenvalue weighted by Gasteiger charge is -2.36. The number of carbonyl (C=O) groups is 3. The lowest BCUT2D eigenvalue weighted by Crippen LogP contribution is -2.46. The van der Waals surface area contributed by atoms with Crippen LogP contribution >= 0.6 is 0 Å². The lowest BCUT2D eigenvalue weighted by atomic mass is 9.79. The summed E-state index contributed by atoms with van der Waals surface area (Å²) < 4.78 is 23.6. The average Bonchev–Trinajstić information content (AvgIpc) is 3.04. The summed E-state index contributed by atoms with van der Waals surface area (Å²) in [6, 6.07) is 0. The van der Waals surface area contributed by atoms with Gasteiger partial charge in [0.25, 0.3) is 0 Å². The van der Waals surface area contributed by atoms with E-state index >= 15 is 0 Å². The minimum atomic E-state index is -0.915. The monoisotopic (exact) mass is 418 g/mol. The Morgan fingerprint density at radius 1 is 1.30 bits per heavy atom. The molecule has 164 valence electrons. The van der Waals surface area contributed by atoms with Crippen LogP contribution in [0.3, 0.4) is 0 Å². The first-order valence-corrected chi connectivity index (χ1v) is 10.2. The second kappa shape index (κ2) is 7.78. The van der Waals surface area contributed by atoms with Crippen LogP contribution in [0.15, 0.2) is 35.5 Å². The summed E-state index contributed by atoms with van der Waals surface area (Å²) in [6.45, 7) is 14.4. The van der Waals surface area contributed by atoms with E-state index in [2.05, 4.69) is 6.58 Å². The highest BCUT2D eigenvalue weighted by Gasteiger charge is 2.55. The lowest BCUT2D eigenvalue weighted by molar-refractivity contribution is -0.171. The van der Waals surface area contributed by atoms with Gasteiger partial charge in [-0.3, -0.25) is 4.79 Å². The molecule has 1 aliphatic carbocycles. The maximum Gasteiger partial charge on any atom is 0.334 e. The first kappa shape index (κ1) is 22.4. The molecule has 2 saturated heterocycles. The van der Waals surface area contributed by atoms with E-state index < -0.39 is 47.6 Å². The number of hydrogen-bond donors (Lipinski definition) is 0. The van der Waals surface area contributed by atoms with Crippen molar-refractivity contribution < 1.29 is 33.3 Å². The molecule has 0 spiro atoms. The molecule has 0 aromatic rings. The molecule has 0 amide bonds. The summed E-state index contributed by atoms with van der Waals surface area (Å²) in [4.78, 5) is 37.7. The number of ether oxygens (including phenoxy) is 4. The van der Waals surface area contributed by atoms with Crippen LogP contribution < -0.4 is 0 Å². The predicted octanol–water partition coefficient (Wildman–Crippen LogP) is 3.18. The molecule has 3 aliphatic rings. The van der Waals surface area contributed by atoms with Gasteiger partial charge in [-0.25, -0.2) is 9.59 Å². The number of hydrogen-bond acceptors (Lipinski definition) is 7. The van der Waals surface area contributed by atoms with Crippen molar-refractivity contribution in [3.8, 4) is 0 Å². The molecule has 7 heteroatoms. The van der Waals surface area contributed by atoms with Crippen LogP contribution in [0.5, 0.6) is 0 Å². The number of allylic oxidation sites excluding steroid dienone is 2. The van der Waals surface area contributed by atoms with E-state index in [0.717, 1.165) is 0 Å². The van der Waals surface area contributed by atoms with Gasteiger partial charge in [-0.05, 0) is 53.2 Å². The Morgan fingerprint density at radius 2 is 1.97 bits per heavy atom. The highest BCUT2D eigenvalue weighted by atomic mass is 16.8. The maximum atomic E-state index is 12.8. The molecule has 30 heavy (non-hydrogen) atoms. The SMILES string of the molecule is C=C1C(=O)O[C@@H]2/C=C(\C)C(=O)C[C@H]3OC(C)(C)O[C@]3(C)C[C@@H](OC(=O)/C(C)=C\C)[C@@H]12. The summed E-state index contributed by atoms with van der Waals surface area (Å²) >= 11 is 0. The third-order valence-corrected chi connectivity index (χ3v) is 6.09. The molecule has 2 aliphatic heterocycles. The first-order chi connectivity index (χ1) is 13.9. The van der Waals surface area contributed by atoms with Crippen molar-refractivity contribution in [1.82, 2.24) is 0 Å². The molecule has 5 atom stereocenters. The normalized spacial score (nSPS) is 38.3. The number of carbonyl (C=O) groups excluding carboxylic acids is 3. The van der Waals surface area contributed by atoms with Gasteiger partial charge in [0.1, 0.15) is 12.2 Å². The number of Topliss-reactive ketones (excluding diaryl/α,β-unsaturated/α-hetero) is 1. The maximum absolute atomic E-state index is 12.8. The second-order valence-corrected chi connectivity index (χ2v) is 8.94. The van der Waals surface area contributed by atoms with Gasteiger partial charge < -0.3 is 18.9 Å². The fourth-order valence-electron chi connectivity index (χ4n) is 4.39. The molecular weight excluding hydrogens is 388 g/mol. The summed E-state index contributed by atoms with van der Waals surface area (Å²) in [5.74, 6) is -2.69. The third-order valence-electron chi connectivity index (χ3n) is 6.09. The van der Waals surface area contributed by atoms with Gasteiger partial charge in [0.2, 0.25) is 0 Å². The molecule has 0 bridgehead atoms. The van der Waals surface area contributed by atoms with Crippen LogP contribution in [0.25, 0.3) is 0 Å². The Hall–Kier alpha value is -2.25. The molecule has 0 N–H and O–H groups in total. The van der Waals surface area contributed by atoms with Crippen molar-refractivity contribution in [3.05, 3.63) is 35.5 Å². The fraction of sp³-hybridized carbons (Fsp3) is 0.609. The van der Waals surface area contributed by atoms with Crippen molar-refractivity contribution >= 4 is 17.7 Å². The summed E-state index contributed by atoms with van der Waals surface area (Å²) in [6.07, 6.45) is 1.60. The van der Waals surface area contributed by atoms with Gasteiger partial charge >= 0.3 is 11.9 Å².